The van der Waals surface area contributed by atoms with Crippen LogP contribution < -0.4 is 0 Å². The van der Waals surface area contributed by atoms with Gasteiger partial charge in [-0.1, -0.05) is 13.0 Å². The van der Waals surface area contributed by atoms with Crippen molar-refractivity contribution in [1.29, 1.82) is 0 Å². The molecular weight excluding hydrogens is 286 g/mol. The van der Waals surface area contributed by atoms with Crippen LogP contribution in [0.3, 0.4) is 0 Å². The Bertz CT molecular complexity index is 505. The lowest BCUT2D eigenvalue weighted by Crippen LogP contribution is -2.48. The Labute approximate surface area is 139 Å². The van der Waals surface area contributed by atoms with Crippen molar-refractivity contribution in [3.63, 3.8) is 0 Å². The van der Waals surface area contributed by atoms with E-state index in [1.165, 1.54) is 32.2 Å². The molecule has 23 heavy (non-hydrogen) atoms. The minimum Gasteiger partial charge on any atom is -0.338 e. The molecular formula is C19H29N3O. The second-order valence-electron chi connectivity index (χ2n) is 6.81. The number of aryl methyl sites for hydroxylation is 1. The van der Waals surface area contributed by atoms with Gasteiger partial charge >= 0.3 is 0 Å². The van der Waals surface area contributed by atoms with Crippen LogP contribution in [-0.4, -0.2) is 52.4 Å². The number of nitrogens with zero attached hydrogens (tertiary/aromatic N) is 3. The number of aromatic nitrogens is 1. The number of carbonyl (C=O) groups is 1. The zero-order chi connectivity index (χ0) is 16.1. The maximum absolute atomic E-state index is 12.7. The van der Waals surface area contributed by atoms with E-state index in [9.17, 15) is 4.79 Å². The molecule has 2 aliphatic heterocycles. The molecule has 0 radical (unpaired) electrons. The molecule has 1 aromatic heterocycles. The van der Waals surface area contributed by atoms with Crippen LogP contribution in [0, 0.1) is 0 Å². The molecule has 0 spiro atoms. The summed E-state index contributed by atoms with van der Waals surface area (Å²) in [6, 6.07) is 7.05. The summed E-state index contributed by atoms with van der Waals surface area (Å²) in [4.78, 5) is 21.8. The number of amides is 1. The second kappa shape index (κ2) is 7.91. The van der Waals surface area contributed by atoms with Crippen LogP contribution in [0.25, 0.3) is 0 Å². The molecule has 2 fully saturated rings. The molecule has 126 valence electrons. The van der Waals surface area contributed by atoms with Crippen molar-refractivity contribution in [1.82, 2.24) is 14.8 Å². The van der Waals surface area contributed by atoms with E-state index in [4.69, 9.17) is 0 Å². The van der Waals surface area contributed by atoms with Crippen LogP contribution in [0.1, 0.15) is 51.1 Å². The predicted molar refractivity (Wildman–Crippen MR) is 92.2 cm³/mol. The van der Waals surface area contributed by atoms with Gasteiger partial charge in [-0.2, -0.15) is 0 Å². The third kappa shape index (κ3) is 3.92. The van der Waals surface area contributed by atoms with E-state index >= 15 is 0 Å². The number of likely N-dealkylation sites (N-methyl/N-ethyl adjacent to an activating group) is 1. The maximum Gasteiger partial charge on any atom is 0.222 e. The summed E-state index contributed by atoms with van der Waals surface area (Å²) < 4.78 is 0. The van der Waals surface area contributed by atoms with Crippen molar-refractivity contribution in [2.24, 2.45) is 0 Å². The molecule has 0 aromatic carbocycles. The summed E-state index contributed by atoms with van der Waals surface area (Å²) in [5, 5.41) is 0. The highest BCUT2D eigenvalue weighted by atomic mass is 16.2. The van der Waals surface area contributed by atoms with Crippen LogP contribution in [0.5, 0.6) is 0 Å². The number of likely N-dealkylation sites (tertiary alicyclic amines) is 2. The van der Waals surface area contributed by atoms with Crippen LogP contribution in [-0.2, 0) is 11.2 Å². The molecule has 1 aromatic rings. The van der Waals surface area contributed by atoms with Crippen molar-refractivity contribution < 1.29 is 4.79 Å². The summed E-state index contributed by atoms with van der Waals surface area (Å²) in [5.74, 6) is 0.353. The zero-order valence-corrected chi connectivity index (χ0v) is 14.3. The Morgan fingerprint density at radius 1 is 1.22 bits per heavy atom. The maximum atomic E-state index is 12.7. The highest BCUT2D eigenvalue weighted by Gasteiger charge is 2.38. The van der Waals surface area contributed by atoms with Gasteiger partial charge in [0.05, 0.1) is 0 Å². The molecule has 3 rings (SSSR count). The Morgan fingerprint density at radius 3 is 2.83 bits per heavy atom. The molecule has 3 heterocycles. The summed E-state index contributed by atoms with van der Waals surface area (Å²) >= 11 is 0. The zero-order valence-electron chi connectivity index (χ0n) is 14.3. The molecule has 0 N–H and O–H groups in total. The quantitative estimate of drug-likeness (QED) is 0.810. The number of pyridine rings is 1. The second-order valence-corrected chi connectivity index (χ2v) is 6.81. The molecule has 0 bridgehead atoms. The molecule has 2 aliphatic rings. The first-order valence-corrected chi connectivity index (χ1v) is 9.23. The lowest BCUT2D eigenvalue weighted by Gasteiger charge is -2.34. The third-order valence-electron chi connectivity index (χ3n) is 5.43. The monoisotopic (exact) mass is 315 g/mol. The number of hydrogen-bond acceptors (Lipinski definition) is 3. The Kier molecular flexibility index (Phi) is 5.65. The summed E-state index contributed by atoms with van der Waals surface area (Å²) in [7, 11) is 0. The topological polar surface area (TPSA) is 36.4 Å². The Balaban J connectivity index is 1.52. The first-order chi connectivity index (χ1) is 11.3. The Hall–Kier alpha value is -1.42. The van der Waals surface area contributed by atoms with Gasteiger partial charge in [0.15, 0.2) is 0 Å². The highest BCUT2D eigenvalue weighted by molar-refractivity contribution is 5.77. The molecule has 0 saturated carbocycles. The normalized spacial score (nSPS) is 25.2. The van der Waals surface area contributed by atoms with E-state index in [1.54, 1.807) is 0 Å². The van der Waals surface area contributed by atoms with Crippen LogP contribution in [0.15, 0.2) is 24.4 Å². The molecule has 1 amide bonds. The first kappa shape index (κ1) is 16.4. The minimum atomic E-state index is 0.353. The average Bonchev–Trinajstić information content (AvgIpc) is 3.24. The highest BCUT2D eigenvalue weighted by Crippen LogP contribution is 2.30. The standard InChI is InChI=1S/C19H29N3O/c1-2-21-14-6-10-17(21)18-11-7-15-22(18)19(23)12-5-9-16-8-3-4-13-20-16/h3-4,8,13,17-18H,2,5-7,9-12,14-15H2,1H3/t17-,18-/m1/s1. The fourth-order valence-electron chi connectivity index (χ4n) is 4.29. The molecule has 2 atom stereocenters. The van der Waals surface area contributed by atoms with E-state index in [0.29, 0.717) is 24.4 Å². The van der Waals surface area contributed by atoms with Crippen LogP contribution in [0.2, 0.25) is 0 Å². The first-order valence-electron chi connectivity index (χ1n) is 9.23. The van der Waals surface area contributed by atoms with Crippen molar-refractivity contribution in [2.75, 3.05) is 19.6 Å². The van der Waals surface area contributed by atoms with Crippen LogP contribution >= 0.6 is 0 Å². The fourth-order valence-corrected chi connectivity index (χ4v) is 4.29. The van der Waals surface area contributed by atoms with Gasteiger partial charge in [-0.15, -0.1) is 0 Å². The Morgan fingerprint density at radius 2 is 2.04 bits per heavy atom. The number of rotatable bonds is 6. The van der Waals surface area contributed by atoms with Crippen LogP contribution in [0.4, 0.5) is 0 Å². The summed E-state index contributed by atoms with van der Waals surface area (Å²) in [6.45, 7) is 5.52. The number of carbonyl (C=O) groups excluding carboxylic acids is 1. The van der Waals surface area contributed by atoms with E-state index in [1.807, 2.05) is 24.4 Å². The van der Waals surface area contributed by atoms with Gasteiger partial charge in [0.25, 0.3) is 0 Å². The smallest absolute Gasteiger partial charge is 0.222 e. The van der Waals surface area contributed by atoms with Crippen molar-refractivity contribution in [3.8, 4) is 0 Å². The lowest BCUT2D eigenvalue weighted by atomic mass is 10.0. The lowest BCUT2D eigenvalue weighted by molar-refractivity contribution is -0.133. The third-order valence-corrected chi connectivity index (χ3v) is 5.43. The average molecular weight is 315 g/mol. The van der Waals surface area contributed by atoms with Gasteiger partial charge in [-0.05, 0) is 63.7 Å². The fraction of sp³-hybridized carbons (Fsp3) is 0.684. The molecule has 4 nitrogen and oxygen atoms in total. The number of hydrogen-bond donors (Lipinski definition) is 0. The van der Waals surface area contributed by atoms with Gasteiger partial charge in [-0.3, -0.25) is 14.7 Å². The van der Waals surface area contributed by atoms with E-state index in [-0.39, 0.29) is 0 Å². The van der Waals surface area contributed by atoms with E-state index in [0.717, 1.165) is 31.6 Å². The summed E-state index contributed by atoms with van der Waals surface area (Å²) in [6.07, 6.45) is 9.20. The van der Waals surface area contributed by atoms with Gasteiger partial charge in [0.2, 0.25) is 5.91 Å². The molecule has 4 heteroatoms. The molecule has 2 saturated heterocycles. The van der Waals surface area contributed by atoms with E-state index in [2.05, 4.69) is 21.7 Å². The van der Waals surface area contributed by atoms with Gasteiger partial charge in [-0.25, -0.2) is 0 Å². The molecule has 0 aliphatic carbocycles. The van der Waals surface area contributed by atoms with E-state index < -0.39 is 0 Å². The van der Waals surface area contributed by atoms with Gasteiger partial charge in [0.1, 0.15) is 0 Å². The SMILES string of the molecule is CCN1CCC[C@@H]1[C@H]1CCCN1C(=O)CCCc1ccccn1. The van der Waals surface area contributed by atoms with Gasteiger partial charge < -0.3 is 4.90 Å². The predicted octanol–water partition coefficient (Wildman–Crippen LogP) is 2.88. The van der Waals surface area contributed by atoms with Crippen molar-refractivity contribution in [3.05, 3.63) is 30.1 Å². The molecule has 0 unspecified atom stereocenters. The van der Waals surface area contributed by atoms with Crippen molar-refractivity contribution in [2.45, 2.75) is 64.0 Å². The largest absolute Gasteiger partial charge is 0.338 e. The van der Waals surface area contributed by atoms with Crippen molar-refractivity contribution >= 4 is 5.91 Å². The summed E-state index contributed by atoms with van der Waals surface area (Å²) in [5.41, 5.74) is 1.09. The minimum absolute atomic E-state index is 0.353. The van der Waals surface area contributed by atoms with Gasteiger partial charge in [0, 0.05) is 36.9 Å².